The van der Waals surface area contributed by atoms with Gasteiger partial charge in [0.05, 0.1) is 5.75 Å². The van der Waals surface area contributed by atoms with Gasteiger partial charge in [-0.2, -0.15) is 0 Å². The van der Waals surface area contributed by atoms with E-state index in [2.05, 4.69) is 0 Å². The van der Waals surface area contributed by atoms with E-state index < -0.39 is 10.0 Å². The summed E-state index contributed by atoms with van der Waals surface area (Å²) < 4.78 is 24.3. The lowest BCUT2D eigenvalue weighted by Gasteiger charge is -2.21. The van der Waals surface area contributed by atoms with E-state index in [0.29, 0.717) is 19.0 Å². The van der Waals surface area contributed by atoms with Crippen molar-refractivity contribution in [1.29, 1.82) is 0 Å². The molecule has 1 fully saturated rings. The first-order valence-electron chi connectivity index (χ1n) is 4.67. The van der Waals surface area contributed by atoms with Crippen LogP contribution < -0.4 is 5.73 Å². The summed E-state index contributed by atoms with van der Waals surface area (Å²) in [5, 5.41) is 0. The Morgan fingerprint density at radius 3 is 2.46 bits per heavy atom. The number of sulfonamides is 1. The summed E-state index contributed by atoms with van der Waals surface area (Å²) in [5.74, 6) is 0.619. The SMILES string of the molecule is CC(C)C(N)CN1CCCS1(=O)=O. The summed E-state index contributed by atoms with van der Waals surface area (Å²) >= 11 is 0. The minimum absolute atomic E-state index is 0.0483. The first-order valence-corrected chi connectivity index (χ1v) is 6.28. The van der Waals surface area contributed by atoms with Gasteiger partial charge in [0.15, 0.2) is 0 Å². The summed E-state index contributed by atoms with van der Waals surface area (Å²) in [7, 11) is -2.96. The van der Waals surface area contributed by atoms with Crippen LogP contribution in [0.2, 0.25) is 0 Å². The Kier molecular flexibility index (Phi) is 3.32. The molecule has 0 radical (unpaired) electrons. The second kappa shape index (κ2) is 3.94. The van der Waals surface area contributed by atoms with Crippen LogP contribution in [0.5, 0.6) is 0 Å². The molecule has 0 aromatic carbocycles. The quantitative estimate of drug-likeness (QED) is 0.707. The minimum atomic E-state index is -2.96. The van der Waals surface area contributed by atoms with Crippen molar-refractivity contribution in [3.63, 3.8) is 0 Å². The molecular formula is C8H18N2O2S. The highest BCUT2D eigenvalue weighted by molar-refractivity contribution is 7.89. The van der Waals surface area contributed by atoms with Gasteiger partial charge >= 0.3 is 0 Å². The highest BCUT2D eigenvalue weighted by atomic mass is 32.2. The Hall–Kier alpha value is -0.130. The number of hydrogen-bond donors (Lipinski definition) is 1. The largest absolute Gasteiger partial charge is 0.326 e. The average Bonchev–Trinajstić information content (AvgIpc) is 2.30. The molecule has 1 heterocycles. The first kappa shape index (κ1) is 10.9. The summed E-state index contributed by atoms with van der Waals surface area (Å²) in [6, 6.07) is -0.0483. The van der Waals surface area contributed by atoms with Crippen LogP contribution in [0, 0.1) is 5.92 Å². The third-order valence-electron chi connectivity index (χ3n) is 2.47. The fourth-order valence-electron chi connectivity index (χ4n) is 1.34. The van der Waals surface area contributed by atoms with Crippen molar-refractivity contribution in [3.05, 3.63) is 0 Å². The third-order valence-corrected chi connectivity index (χ3v) is 4.40. The van der Waals surface area contributed by atoms with E-state index in [1.807, 2.05) is 13.8 Å². The molecule has 0 aromatic heterocycles. The molecule has 0 aromatic rings. The lowest BCUT2D eigenvalue weighted by molar-refractivity contribution is 0.363. The van der Waals surface area contributed by atoms with E-state index >= 15 is 0 Å². The van der Waals surface area contributed by atoms with Gasteiger partial charge in [-0.1, -0.05) is 13.8 Å². The maximum Gasteiger partial charge on any atom is 0.214 e. The minimum Gasteiger partial charge on any atom is -0.326 e. The Bertz CT molecular complexity index is 261. The normalized spacial score (nSPS) is 25.2. The predicted molar refractivity (Wildman–Crippen MR) is 52.8 cm³/mol. The summed E-state index contributed by atoms with van der Waals surface area (Å²) in [4.78, 5) is 0. The molecule has 4 nitrogen and oxygen atoms in total. The van der Waals surface area contributed by atoms with Crippen LogP contribution in [-0.2, 0) is 10.0 Å². The van der Waals surface area contributed by atoms with Gasteiger partial charge in [-0.05, 0) is 12.3 Å². The average molecular weight is 206 g/mol. The molecule has 1 rings (SSSR count). The Balaban J connectivity index is 2.55. The van der Waals surface area contributed by atoms with Gasteiger partial charge < -0.3 is 5.73 Å². The zero-order valence-corrected chi connectivity index (χ0v) is 9.05. The van der Waals surface area contributed by atoms with Crippen molar-refractivity contribution in [2.24, 2.45) is 11.7 Å². The van der Waals surface area contributed by atoms with Gasteiger partial charge in [0.2, 0.25) is 10.0 Å². The van der Waals surface area contributed by atoms with E-state index in [0.717, 1.165) is 6.42 Å². The Labute approximate surface area is 80.1 Å². The molecule has 0 spiro atoms. The predicted octanol–water partition coefficient (Wildman–Crippen LogP) is 0.00520. The van der Waals surface area contributed by atoms with Crippen LogP contribution in [0.25, 0.3) is 0 Å². The van der Waals surface area contributed by atoms with E-state index in [1.165, 1.54) is 4.31 Å². The third kappa shape index (κ3) is 2.65. The maximum absolute atomic E-state index is 11.4. The van der Waals surface area contributed by atoms with Gasteiger partial charge in [-0.3, -0.25) is 0 Å². The van der Waals surface area contributed by atoms with Crippen molar-refractivity contribution in [3.8, 4) is 0 Å². The molecular weight excluding hydrogens is 188 g/mol. The van der Waals surface area contributed by atoms with Crippen molar-refractivity contribution < 1.29 is 8.42 Å². The second-order valence-electron chi connectivity index (χ2n) is 3.94. The van der Waals surface area contributed by atoms with Gasteiger partial charge in [0, 0.05) is 19.1 Å². The topological polar surface area (TPSA) is 63.4 Å². The summed E-state index contributed by atoms with van der Waals surface area (Å²) in [5.41, 5.74) is 5.81. The zero-order valence-electron chi connectivity index (χ0n) is 8.23. The van der Waals surface area contributed by atoms with Crippen LogP contribution in [0.1, 0.15) is 20.3 Å². The van der Waals surface area contributed by atoms with Gasteiger partial charge in [-0.15, -0.1) is 0 Å². The van der Waals surface area contributed by atoms with Crippen LogP contribution in [0.3, 0.4) is 0 Å². The molecule has 13 heavy (non-hydrogen) atoms. The maximum atomic E-state index is 11.4. The number of nitrogens with two attached hydrogens (primary N) is 1. The molecule has 1 saturated heterocycles. The van der Waals surface area contributed by atoms with Crippen molar-refractivity contribution in [2.45, 2.75) is 26.3 Å². The lowest BCUT2D eigenvalue weighted by Crippen LogP contribution is -2.41. The number of rotatable bonds is 3. The van der Waals surface area contributed by atoms with E-state index in [9.17, 15) is 8.42 Å². The lowest BCUT2D eigenvalue weighted by atomic mass is 10.1. The zero-order chi connectivity index (χ0) is 10.1. The fraction of sp³-hybridized carbons (Fsp3) is 1.00. The highest BCUT2D eigenvalue weighted by Crippen LogP contribution is 2.14. The molecule has 1 aliphatic rings. The number of hydrogen-bond acceptors (Lipinski definition) is 3. The summed E-state index contributed by atoms with van der Waals surface area (Å²) in [6.07, 6.45) is 0.743. The van der Waals surface area contributed by atoms with Crippen LogP contribution in [-0.4, -0.2) is 37.6 Å². The smallest absolute Gasteiger partial charge is 0.214 e. The van der Waals surface area contributed by atoms with Crippen LogP contribution in [0.4, 0.5) is 0 Å². The van der Waals surface area contributed by atoms with Crippen LogP contribution in [0.15, 0.2) is 0 Å². The molecule has 1 atom stereocenters. The van der Waals surface area contributed by atoms with Gasteiger partial charge in [-0.25, -0.2) is 12.7 Å². The molecule has 78 valence electrons. The second-order valence-corrected chi connectivity index (χ2v) is 6.02. The molecule has 1 aliphatic heterocycles. The molecule has 0 aliphatic carbocycles. The Morgan fingerprint density at radius 1 is 1.46 bits per heavy atom. The van der Waals surface area contributed by atoms with E-state index in [4.69, 9.17) is 5.73 Å². The van der Waals surface area contributed by atoms with Crippen molar-refractivity contribution in [2.75, 3.05) is 18.8 Å². The van der Waals surface area contributed by atoms with Crippen molar-refractivity contribution >= 4 is 10.0 Å². The molecule has 2 N–H and O–H groups in total. The summed E-state index contributed by atoms with van der Waals surface area (Å²) in [6.45, 7) is 5.13. The van der Waals surface area contributed by atoms with Crippen LogP contribution >= 0.6 is 0 Å². The van der Waals surface area contributed by atoms with E-state index in [1.54, 1.807) is 0 Å². The molecule has 0 bridgehead atoms. The molecule has 1 unspecified atom stereocenters. The Morgan fingerprint density at radius 2 is 2.08 bits per heavy atom. The standard InChI is InChI=1S/C8H18N2O2S/c1-7(2)8(9)6-10-4-3-5-13(10,11)12/h7-8H,3-6,9H2,1-2H3. The molecule has 5 heteroatoms. The monoisotopic (exact) mass is 206 g/mol. The van der Waals surface area contributed by atoms with Crippen molar-refractivity contribution in [1.82, 2.24) is 4.31 Å². The fourth-order valence-corrected chi connectivity index (χ4v) is 2.90. The highest BCUT2D eigenvalue weighted by Gasteiger charge is 2.29. The molecule has 0 saturated carbocycles. The number of nitrogens with zero attached hydrogens (tertiary/aromatic N) is 1. The van der Waals surface area contributed by atoms with E-state index in [-0.39, 0.29) is 11.8 Å². The molecule has 0 amide bonds. The first-order chi connectivity index (χ1) is 5.93. The van der Waals surface area contributed by atoms with Gasteiger partial charge in [0.1, 0.15) is 0 Å². The van der Waals surface area contributed by atoms with Gasteiger partial charge in [0.25, 0.3) is 0 Å².